The third-order valence-corrected chi connectivity index (χ3v) is 6.26. The van der Waals surface area contributed by atoms with E-state index in [-0.39, 0.29) is 11.9 Å². The molecule has 1 saturated carbocycles. The predicted octanol–water partition coefficient (Wildman–Crippen LogP) is 0.649. The number of rotatable bonds is 5. The van der Waals surface area contributed by atoms with E-state index in [1.807, 2.05) is 6.92 Å². The van der Waals surface area contributed by atoms with Crippen molar-refractivity contribution >= 4 is 15.9 Å². The van der Waals surface area contributed by atoms with E-state index in [4.69, 9.17) is 0 Å². The van der Waals surface area contributed by atoms with Gasteiger partial charge in [0.1, 0.15) is 0 Å². The largest absolute Gasteiger partial charge is 0.354 e. The van der Waals surface area contributed by atoms with Crippen LogP contribution in [0.2, 0.25) is 0 Å². The number of hydrogen-bond donors (Lipinski definition) is 1. The predicted molar refractivity (Wildman–Crippen MR) is 87.0 cm³/mol. The highest BCUT2D eigenvalue weighted by Crippen LogP contribution is 2.22. The monoisotopic (exact) mass is 331 g/mol. The Kier molecular flexibility index (Phi) is 6.23. The fourth-order valence-electron chi connectivity index (χ4n) is 3.37. The van der Waals surface area contributed by atoms with E-state index in [0.717, 1.165) is 6.54 Å². The van der Waals surface area contributed by atoms with Crippen LogP contribution >= 0.6 is 0 Å². The first-order valence-corrected chi connectivity index (χ1v) is 10.2. The number of hydrogen-bond acceptors (Lipinski definition) is 4. The normalized spacial score (nSPS) is 24.1. The average Bonchev–Trinajstić information content (AvgIpc) is 2.52. The summed E-state index contributed by atoms with van der Waals surface area (Å²) in [6, 6.07) is -0.190. The van der Waals surface area contributed by atoms with Crippen LogP contribution in [0, 0.1) is 5.92 Å². The first-order chi connectivity index (χ1) is 10.4. The fraction of sp³-hybridized carbons (Fsp3) is 0.933. The van der Waals surface area contributed by atoms with Gasteiger partial charge in [0.15, 0.2) is 0 Å². The van der Waals surface area contributed by atoms with Crippen molar-refractivity contribution in [2.75, 3.05) is 39.0 Å². The molecule has 2 rings (SSSR count). The molecule has 1 aliphatic carbocycles. The van der Waals surface area contributed by atoms with E-state index in [1.165, 1.54) is 42.7 Å². The summed E-state index contributed by atoms with van der Waals surface area (Å²) in [4.78, 5) is 14.3. The molecule has 128 valence electrons. The second-order valence-electron chi connectivity index (χ2n) is 6.62. The van der Waals surface area contributed by atoms with Crippen molar-refractivity contribution in [3.63, 3.8) is 0 Å². The zero-order valence-corrected chi connectivity index (χ0v) is 14.6. The summed E-state index contributed by atoms with van der Waals surface area (Å²) in [6.07, 6.45) is 7.57. The summed E-state index contributed by atoms with van der Waals surface area (Å²) in [5.41, 5.74) is 0. The van der Waals surface area contributed by atoms with Crippen molar-refractivity contribution in [3.8, 4) is 0 Å². The molecule has 1 N–H and O–H groups in total. The molecule has 0 aromatic carbocycles. The first kappa shape index (κ1) is 17.7. The Balaban J connectivity index is 1.74. The minimum atomic E-state index is -3.11. The third-order valence-electron chi connectivity index (χ3n) is 4.96. The van der Waals surface area contributed by atoms with Crippen LogP contribution in [0.25, 0.3) is 0 Å². The molecule has 1 saturated heterocycles. The van der Waals surface area contributed by atoms with E-state index in [1.54, 1.807) is 0 Å². The van der Waals surface area contributed by atoms with Gasteiger partial charge in [-0.2, -0.15) is 4.31 Å². The lowest BCUT2D eigenvalue weighted by Crippen LogP contribution is -2.55. The Hall–Kier alpha value is -0.660. The molecule has 1 heterocycles. The molecule has 22 heavy (non-hydrogen) atoms. The summed E-state index contributed by atoms with van der Waals surface area (Å²) in [5, 5.41) is 3.08. The number of carbonyl (C=O) groups excluding carboxylic acids is 1. The second-order valence-corrected chi connectivity index (χ2v) is 8.61. The van der Waals surface area contributed by atoms with Gasteiger partial charge in [0, 0.05) is 32.7 Å². The maximum atomic E-state index is 12.3. The Morgan fingerprint density at radius 2 is 1.73 bits per heavy atom. The highest BCUT2D eigenvalue weighted by Gasteiger charge is 2.29. The molecule has 2 fully saturated rings. The van der Waals surface area contributed by atoms with E-state index in [0.29, 0.717) is 32.1 Å². The van der Waals surface area contributed by atoms with Gasteiger partial charge in [-0.05, 0) is 25.7 Å². The van der Waals surface area contributed by atoms with Crippen LogP contribution in [0.3, 0.4) is 0 Å². The van der Waals surface area contributed by atoms with Crippen molar-refractivity contribution in [2.45, 2.75) is 45.1 Å². The number of amides is 1. The topological polar surface area (TPSA) is 69.7 Å². The van der Waals surface area contributed by atoms with Crippen LogP contribution < -0.4 is 5.32 Å². The SMILES string of the molecule is CC(C(=O)NCC1CCCCC1)N1CCN(S(C)(=O)=O)CC1. The van der Waals surface area contributed by atoms with Gasteiger partial charge < -0.3 is 5.32 Å². The number of piperazine rings is 1. The Morgan fingerprint density at radius 1 is 1.14 bits per heavy atom. The molecule has 1 aliphatic heterocycles. The maximum Gasteiger partial charge on any atom is 0.237 e. The molecule has 6 nitrogen and oxygen atoms in total. The van der Waals surface area contributed by atoms with Crippen molar-refractivity contribution in [2.24, 2.45) is 5.92 Å². The van der Waals surface area contributed by atoms with E-state index in [2.05, 4.69) is 10.2 Å². The summed E-state index contributed by atoms with van der Waals surface area (Å²) in [6.45, 7) is 4.87. The van der Waals surface area contributed by atoms with Gasteiger partial charge >= 0.3 is 0 Å². The lowest BCUT2D eigenvalue weighted by atomic mass is 9.89. The van der Waals surface area contributed by atoms with Crippen molar-refractivity contribution in [1.82, 2.24) is 14.5 Å². The van der Waals surface area contributed by atoms with E-state index in [9.17, 15) is 13.2 Å². The molecule has 0 aromatic heterocycles. The Morgan fingerprint density at radius 3 is 2.27 bits per heavy atom. The Bertz CT molecular complexity index is 466. The van der Waals surface area contributed by atoms with Crippen LogP contribution in [0.1, 0.15) is 39.0 Å². The summed E-state index contributed by atoms with van der Waals surface area (Å²) >= 11 is 0. The van der Waals surface area contributed by atoms with Gasteiger partial charge in [0.2, 0.25) is 15.9 Å². The Labute approximate surface area is 134 Å². The molecule has 0 spiro atoms. The molecular formula is C15H29N3O3S. The number of carbonyl (C=O) groups is 1. The molecule has 0 radical (unpaired) electrons. The minimum absolute atomic E-state index is 0.0679. The highest BCUT2D eigenvalue weighted by molar-refractivity contribution is 7.88. The average molecular weight is 331 g/mol. The fourth-order valence-corrected chi connectivity index (χ4v) is 4.20. The molecule has 0 aromatic rings. The molecule has 0 bridgehead atoms. The number of sulfonamides is 1. The van der Waals surface area contributed by atoms with E-state index >= 15 is 0 Å². The standard InChI is InChI=1S/C15H29N3O3S/c1-13(15(19)16-12-14-6-4-3-5-7-14)17-8-10-18(11-9-17)22(2,20)21/h13-14H,3-12H2,1-2H3,(H,16,19). The van der Waals surface area contributed by atoms with Crippen LogP contribution in [-0.4, -0.2) is 68.6 Å². The van der Waals surface area contributed by atoms with Crippen LogP contribution in [-0.2, 0) is 14.8 Å². The number of nitrogens with zero attached hydrogens (tertiary/aromatic N) is 2. The van der Waals surface area contributed by atoms with Crippen LogP contribution in [0.15, 0.2) is 0 Å². The minimum Gasteiger partial charge on any atom is -0.354 e. The van der Waals surface area contributed by atoms with Crippen LogP contribution in [0.5, 0.6) is 0 Å². The zero-order valence-electron chi connectivity index (χ0n) is 13.8. The maximum absolute atomic E-state index is 12.3. The van der Waals surface area contributed by atoms with Gasteiger partial charge in [-0.3, -0.25) is 9.69 Å². The van der Waals surface area contributed by atoms with Gasteiger partial charge in [0.25, 0.3) is 0 Å². The zero-order chi connectivity index (χ0) is 16.2. The summed E-state index contributed by atoms with van der Waals surface area (Å²) in [5.74, 6) is 0.699. The molecule has 7 heteroatoms. The van der Waals surface area contributed by atoms with Crippen molar-refractivity contribution in [1.29, 1.82) is 0 Å². The molecule has 1 amide bonds. The van der Waals surface area contributed by atoms with Gasteiger partial charge in [-0.1, -0.05) is 19.3 Å². The lowest BCUT2D eigenvalue weighted by molar-refractivity contribution is -0.126. The van der Waals surface area contributed by atoms with Gasteiger partial charge in [-0.25, -0.2) is 8.42 Å². The second kappa shape index (κ2) is 7.75. The summed E-state index contributed by atoms with van der Waals surface area (Å²) in [7, 11) is -3.11. The molecule has 1 atom stereocenters. The van der Waals surface area contributed by atoms with Gasteiger partial charge in [-0.15, -0.1) is 0 Å². The smallest absolute Gasteiger partial charge is 0.237 e. The van der Waals surface area contributed by atoms with Crippen molar-refractivity contribution < 1.29 is 13.2 Å². The quantitative estimate of drug-likeness (QED) is 0.803. The lowest BCUT2D eigenvalue weighted by Gasteiger charge is -2.36. The molecule has 2 aliphatic rings. The van der Waals surface area contributed by atoms with Crippen molar-refractivity contribution in [3.05, 3.63) is 0 Å². The van der Waals surface area contributed by atoms with Crippen LogP contribution in [0.4, 0.5) is 0 Å². The van der Waals surface area contributed by atoms with Gasteiger partial charge in [0.05, 0.1) is 12.3 Å². The molecule has 1 unspecified atom stereocenters. The first-order valence-electron chi connectivity index (χ1n) is 8.35. The molecular weight excluding hydrogens is 302 g/mol. The number of nitrogens with one attached hydrogen (secondary N) is 1. The summed E-state index contributed by atoms with van der Waals surface area (Å²) < 4.78 is 24.5. The highest BCUT2D eigenvalue weighted by atomic mass is 32.2. The van der Waals surface area contributed by atoms with E-state index < -0.39 is 10.0 Å². The third kappa shape index (κ3) is 4.93.